The van der Waals surface area contributed by atoms with Gasteiger partial charge in [0.15, 0.2) is 11.5 Å². The van der Waals surface area contributed by atoms with E-state index in [-0.39, 0.29) is 5.91 Å². The second-order valence-electron chi connectivity index (χ2n) is 5.85. The highest BCUT2D eigenvalue weighted by molar-refractivity contribution is 7.09. The molecule has 0 N–H and O–H groups in total. The Balaban J connectivity index is 1.75. The second kappa shape index (κ2) is 9.09. The molecule has 1 amide bonds. The lowest BCUT2D eigenvalue weighted by Crippen LogP contribution is -2.27. The zero-order valence-electron chi connectivity index (χ0n) is 15.3. The van der Waals surface area contributed by atoms with Crippen LogP contribution in [0.3, 0.4) is 0 Å². The molecule has 5 nitrogen and oxygen atoms in total. The van der Waals surface area contributed by atoms with Gasteiger partial charge in [-0.05, 0) is 41.3 Å². The van der Waals surface area contributed by atoms with Crippen LogP contribution < -0.4 is 9.47 Å². The topological polar surface area (TPSA) is 51.9 Å². The molecule has 3 aromatic rings. The van der Waals surface area contributed by atoms with E-state index in [9.17, 15) is 4.79 Å². The average Bonchev–Trinajstić information content (AvgIpc) is 3.39. The third-order valence-electron chi connectivity index (χ3n) is 4.02. The summed E-state index contributed by atoms with van der Waals surface area (Å²) in [5.41, 5.74) is 1.82. The van der Waals surface area contributed by atoms with Crippen LogP contribution in [0.1, 0.15) is 16.0 Å². The fourth-order valence-corrected chi connectivity index (χ4v) is 3.35. The highest BCUT2D eigenvalue weighted by Gasteiger charge is 2.13. The number of amides is 1. The Labute approximate surface area is 162 Å². The molecule has 0 atom stereocenters. The minimum atomic E-state index is -0.0700. The molecule has 0 aliphatic carbocycles. The molecule has 0 radical (unpaired) electrons. The van der Waals surface area contributed by atoms with Crippen molar-refractivity contribution in [3.05, 3.63) is 76.4 Å². The van der Waals surface area contributed by atoms with Gasteiger partial charge in [-0.15, -0.1) is 11.3 Å². The number of benzene rings is 1. The third-order valence-corrected chi connectivity index (χ3v) is 4.88. The summed E-state index contributed by atoms with van der Waals surface area (Å²) < 4.78 is 15.7. The predicted molar refractivity (Wildman–Crippen MR) is 106 cm³/mol. The lowest BCUT2D eigenvalue weighted by molar-refractivity contribution is -0.127. The largest absolute Gasteiger partial charge is 0.493 e. The Morgan fingerprint density at radius 1 is 1.15 bits per heavy atom. The van der Waals surface area contributed by atoms with Crippen LogP contribution in [-0.4, -0.2) is 25.0 Å². The first-order valence-corrected chi connectivity index (χ1v) is 9.30. The lowest BCUT2D eigenvalue weighted by atomic mass is 10.2. The first kappa shape index (κ1) is 18.8. The maximum Gasteiger partial charge on any atom is 0.247 e. The van der Waals surface area contributed by atoms with Gasteiger partial charge in [-0.25, -0.2) is 0 Å². The number of furan rings is 1. The molecule has 140 valence electrons. The average molecular weight is 383 g/mol. The minimum absolute atomic E-state index is 0.0700. The Morgan fingerprint density at radius 3 is 2.67 bits per heavy atom. The van der Waals surface area contributed by atoms with Crippen molar-refractivity contribution in [2.24, 2.45) is 0 Å². The van der Waals surface area contributed by atoms with Crippen molar-refractivity contribution in [3.8, 4) is 11.5 Å². The zero-order chi connectivity index (χ0) is 19.1. The van der Waals surface area contributed by atoms with Crippen molar-refractivity contribution in [3.63, 3.8) is 0 Å². The van der Waals surface area contributed by atoms with Crippen LogP contribution in [0.25, 0.3) is 6.08 Å². The number of carbonyl (C=O) groups is 1. The molecule has 0 unspecified atom stereocenters. The van der Waals surface area contributed by atoms with Crippen LogP contribution in [0, 0.1) is 0 Å². The number of ether oxygens (including phenoxy) is 2. The molecule has 0 saturated heterocycles. The van der Waals surface area contributed by atoms with E-state index in [2.05, 4.69) is 0 Å². The fraction of sp³-hybridized carbons (Fsp3) is 0.190. The SMILES string of the molecule is COc1ccc(/C=C/C(=O)N(Cc2ccoc2)Cc2cccs2)cc1OC. The van der Waals surface area contributed by atoms with Gasteiger partial charge in [-0.1, -0.05) is 12.1 Å². The number of rotatable bonds is 8. The van der Waals surface area contributed by atoms with Crippen molar-refractivity contribution < 1.29 is 18.7 Å². The molecule has 0 bridgehead atoms. The van der Waals surface area contributed by atoms with Crippen LogP contribution >= 0.6 is 11.3 Å². The first-order valence-electron chi connectivity index (χ1n) is 8.42. The standard InChI is InChI=1S/C21H21NO4S/c1-24-19-7-5-16(12-20(19)25-2)6-8-21(23)22(13-17-9-10-26-15-17)14-18-4-3-11-27-18/h3-12,15H,13-14H2,1-2H3/b8-6+. The molecule has 27 heavy (non-hydrogen) atoms. The van der Waals surface area contributed by atoms with Crippen LogP contribution in [-0.2, 0) is 17.9 Å². The van der Waals surface area contributed by atoms with E-state index < -0.39 is 0 Å². The fourth-order valence-electron chi connectivity index (χ4n) is 2.63. The smallest absolute Gasteiger partial charge is 0.247 e. The van der Waals surface area contributed by atoms with E-state index in [0.29, 0.717) is 24.6 Å². The summed E-state index contributed by atoms with van der Waals surface area (Å²) in [6.07, 6.45) is 6.63. The van der Waals surface area contributed by atoms with E-state index in [4.69, 9.17) is 13.9 Å². The maximum atomic E-state index is 12.8. The third kappa shape index (κ3) is 5.01. The molecule has 2 aromatic heterocycles. The van der Waals surface area contributed by atoms with E-state index in [1.807, 2.05) is 41.8 Å². The predicted octanol–water partition coefficient (Wildman–Crippen LogP) is 4.60. The molecule has 0 spiro atoms. The number of methoxy groups -OCH3 is 2. The lowest BCUT2D eigenvalue weighted by Gasteiger charge is -2.20. The van der Waals surface area contributed by atoms with Gasteiger partial charge in [-0.3, -0.25) is 4.79 Å². The second-order valence-corrected chi connectivity index (χ2v) is 6.89. The number of nitrogens with zero attached hydrogens (tertiary/aromatic N) is 1. The summed E-state index contributed by atoms with van der Waals surface area (Å²) in [5, 5.41) is 2.01. The maximum absolute atomic E-state index is 12.8. The van der Waals surface area contributed by atoms with Crippen molar-refractivity contribution >= 4 is 23.3 Å². The van der Waals surface area contributed by atoms with Gasteiger partial charge in [-0.2, -0.15) is 0 Å². The molecule has 0 aliphatic rings. The number of carbonyl (C=O) groups excluding carboxylic acids is 1. The Kier molecular flexibility index (Phi) is 6.33. The van der Waals surface area contributed by atoms with Gasteiger partial charge in [0.1, 0.15) is 0 Å². The summed E-state index contributed by atoms with van der Waals surface area (Å²) in [6, 6.07) is 11.4. The molecule has 2 heterocycles. The van der Waals surface area contributed by atoms with E-state index in [1.165, 1.54) is 0 Å². The van der Waals surface area contributed by atoms with Gasteiger partial charge in [0.25, 0.3) is 0 Å². The Bertz CT molecular complexity index is 849. The molecule has 6 heteroatoms. The molecule has 3 rings (SSSR count). The monoisotopic (exact) mass is 383 g/mol. The van der Waals surface area contributed by atoms with Gasteiger partial charge in [0, 0.05) is 23.1 Å². The Hall–Kier alpha value is -2.99. The van der Waals surface area contributed by atoms with E-state index >= 15 is 0 Å². The number of hydrogen-bond donors (Lipinski definition) is 0. The van der Waals surface area contributed by atoms with E-state index in [1.54, 1.807) is 55.1 Å². The van der Waals surface area contributed by atoms with Crippen molar-refractivity contribution in [2.75, 3.05) is 14.2 Å². The molecule has 0 aliphatic heterocycles. The summed E-state index contributed by atoms with van der Waals surface area (Å²) >= 11 is 1.63. The van der Waals surface area contributed by atoms with Crippen LogP contribution in [0.4, 0.5) is 0 Å². The highest BCUT2D eigenvalue weighted by atomic mass is 32.1. The molecular formula is C21H21NO4S. The van der Waals surface area contributed by atoms with Crippen LogP contribution in [0.5, 0.6) is 11.5 Å². The number of thiophene rings is 1. The highest BCUT2D eigenvalue weighted by Crippen LogP contribution is 2.28. The van der Waals surface area contributed by atoms with Crippen molar-refractivity contribution in [1.29, 1.82) is 0 Å². The summed E-state index contributed by atoms with van der Waals surface area (Å²) in [4.78, 5) is 15.7. The van der Waals surface area contributed by atoms with E-state index in [0.717, 1.165) is 16.0 Å². The van der Waals surface area contributed by atoms with Crippen molar-refractivity contribution in [1.82, 2.24) is 4.90 Å². The number of hydrogen-bond acceptors (Lipinski definition) is 5. The van der Waals surface area contributed by atoms with Crippen molar-refractivity contribution in [2.45, 2.75) is 13.1 Å². The van der Waals surface area contributed by atoms with Gasteiger partial charge >= 0.3 is 0 Å². The summed E-state index contributed by atoms with van der Waals surface area (Å²) in [7, 11) is 3.18. The van der Waals surface area contributed by atoms with Gasteiger partial charge in [0.2, 0.25) is 5.91 Å². The summed E-state index contributed by atoms with van der Waals surface area (Å²) in [5.74, 6) is 1.21. The summed E-state index contributed by atoms with van der Waals surface area (Å²) in [6.45, 7) is 1.04. The Morgan fingerprint density at radius 2 is 2.00 bits per heavy atom. The molecule has 1 aromatic carbocycles. The van der Waals surface area contributed by atoms with Crippen LogP contribution in [0.15, 0.2) is 64.8 Å². The van der Waals surface area contributed by atoms with Gasteiger partial charge < -0.3 is 18.8 Å². The quantitative estimate of drug-likeness (QED) is 0.534. The molecular weight excluding hydrogens is 362 g/mol. The molecule has 0 fully saturated rings. The normalized spacial score (nSPS) is 10.9. The van der Waals surface area contributed by atoms with Gasteiger partial charge in [0.05, 0.1) is 33.3 Å². The van der Waals surface area contributed by atoms with Crippen LogP contribution in [0.2, 0.25) is 0 Å². The first-order chi connectivity index (χ1) is 13.2. The molecule has 0 saturated carbocycles. The minimum Gasteiger partial charge on any atom is -0.493 e. The zero-order valence-corrected chi connectivity index (χ0v) is 16.1.